The number of rotatable bonds is 11. The van der Waals surface area contributed by atoms with Gasteiger partial charge in [0.2, 0.25) is 11.8 Å². The van der Waals surface area contributed by atoms with E-state index in [0.29, 0.717) is 17.7 Å². The SMILES string of the molecule is CCC(C(=O)NC1CCCC1)N(Cc1ccc(F)cc1)C(=O)CN(c1cccc(C)c1)S(=O)(=O)c1ccc(C)cc1. The van der Waals surface area contributed by atoms with Crippen molar-refractivity contribution in [2.24, 2.45) is 0 Å². The molecule has 3 aromatic rings. The van der Waals surface area contributed by atoms with Crippen LogP contribution < -0.4 is 9.62 Å². The predicted molar refractivity (Wildman–Crippen MR) is 158 cm³/mol. The Kier molecular flexibility index (Phi) is 9.81. The molecule has 0 aliphatic heterocycles. The fraction of sp³-hybridized carbons (Fsp3) is 0.375. The Morgan fingerprint density at radius 2 is 1.61 bits per heavy atom. The van der Waals surface area contributed by atoms with Crippen LogP contribution in [0.25, 0.3) is 0 Å². The van der Waals surface area contributed by atoms with Crippen LogP contribution in [0, 0.1) is 19.7 Å². The summed E-state index contributed by atoms with van der Waals surface area (Å²) in [5.41, 5.74) is 2.73. The van der Waals surface area contributed by atoms with E-state index in [1.807, 2.05) is 26.8 Å². The fourth-order valence-electron chi connectivity index (χ4n) is 5.22. The third kappa shape index (κ3) is 7.52. The summed E-state index contributed by atoms with van der Waals surface area (Å²) in [7, 11) is -4.13. The van der Waals surface area contributed by atoms with Crippen LogP contribution in [0.5, 0.6) is 0 Å². The third-order valence-electron chi connectivity index (χ3n) is 7.53. The Bertz CT molecular complexity index is 1450. The molecule has 7 nitrogen and oxygen atoms in total. The molecular weight excluding hydrogens is 541 g/mol. The second-order valence-corrected chi connectivity index (χ2v) is 12.6. The van der Waals surface area contributed by atoms with E-state index < -0.39 is 34.3 Å². The zero-order valence-electron chi connectivity index (χ0n) is 23.8. The molecule has 0 saturated heterocycles. The van der Waals surface area contributed by atoms with Crippen LogP contribution in [0.1, 0.15) is 55.7 Å². The molecule has 4 rings (SSSR count). The van der Waals surface area contributed by atoms with Crippen LogP contribution >= 0.6 is 0 Å². The van der Waals surface area contributed by atoms with E-state index in [1.165, 1.54) is 29.2 Å². The van der Waals surface area contributed by atoms with Gasteiger partial charge in [-0.1, -0.05) is 61.7 Å². The topological polar surface area (TPSA) is 86.8 Å². The molecule has 0 aromatic heterocycles. The van der Waals surface area contributed by atoms with Crippen LogP contribution in [-0.2, 0) is 26.2 Å². The number of sulfonamides is 1. The molecule has 1 fully saturated rings. The highest BCUT2D eigenvalue weighted by Gasteiger charge is 2.34. The first-order valence-corrected chi connectivity index (χ1v) is 15.5. The van der Waals surface area contributed by atoms with Crippen LogP contribution in [0.3, 0.4) is 0 Å². The highest BCUT2D eigenvalue weighted by atomic mass is 32.2. The maximum Gasteiger partial charge on any atom is 0.264 e. The number of nitrogens with one attached hydrogen (secondary N) is 1. The molecule has 9 heteroatoms. The van der Waals surface area contributed by atoms with Gasteiger partial charge in [-0.2, -0.15) is 0 Å². The average molecular weight is 580 g/mol. The van der Waals surface area contributed by atoms with Gasteiger partial charge >= 0.3 is 0 Å². The first-order chi connectivity index (χ1) is 19.6. The minimum Gasteiger partial charge on any atom is -0.352 e. The number of nitrogens with zero attached hydrogens (tertiary/aromatic N) is 2. The summed E-state index contributed by atoms with van der Waals surface area (Å²) < 4.78 is 42.7. The quantitative estimate of drug-likeness (QED) is 0.325. The Balaban J connectivity index is 1.71. The number of anilines is 1. The molecule has 41 heavy (non-hydrogen) atoms. The summed E-state index contributed by atoms with van der Waals surface area (Å²) in [6.07, 6.45) is 4.21. The van der Waals surface area contributed by atoms with E-state index in [2.05, 4.69) is 5.32 Å². The Labute approximate surface area is 242 Å². The fourth-order valence-corrected chi connectivity index (χ4v) is 6.63. The van der Waals surface area contributed by atoms with Gasteiger partial charge in [-0.15, -0.1) is 0 Å². The molecule has 1 aliphatic rings. The van der Waals surface area contributed by atoms with Crippen LogP contribution in [0.4, 0.5) is 10.1 Å². The molecule has 218 valence electrons. The van der Waals surface area contributed by atoms with E-state index in [9.17, 15) is 22.4 Å². The maximum absolute atomic E-state index is 14.1. The molecule has 1 saturated carbocycles. The van der Waals surface area contributed by atoms with Crippen LogP contribution in [0.15, 0.2) is 77.7 Å². The van der Waals surface area contributed by atoms with Gasteiger partial charge in [0.05, 0.1) is 10.6 Å². The van der Waals surface area contributed by atoms with E-state index >= 15 is 0 Å². The number of carbonyl (C=O) groups excluding carboxylic acids is 2. The lowest BCUT2D eigenvalue weighted by molar-refractivity contribution is -0.140. The van der Waals surface area contributed by atoms with Gasteiger partial charge in [0.1, 0.15) is 18.4 Å². The molecule has 1 N–H and O–H groups in total. The van der Waals surface area contributed by atoms with E-state index in [-0.39, 0.29) is 23.4 Å². The first-order valence-electron chi connectivity index (χ1n) is 14.1. The molecule has 0 bridgehead atoms. The molecule has 1 unspecified atom stereocenters. The van der Waals surface area contributed by atoms with Gasteiger partial charge in [0, 0.05) is 12.6 Å². The predicted octanol–water partition coefficient (Wildman–Crippen LogP) is 5.50. The molecule has 2 amide bonds. The zero-order chi connectivity index (χ0) is 29.6. The summed E-state index contributed by atoms with van der Waals surface area (Å²) in [4.78, 5) is 29.1. The minimum absolute atomic E-state index is 0.0297. The summed E-state index contributed by atoms with van der Waals surface area (Å²) in [5, 5.41) is 3.09. The third-order valence-corrected chi connectivity index (χ3v) is 9.32. The first kappa shape index (κ1) is 30.2. The monoisotopic (exact) mass is 579 g/mol. The molecule has 3 aromatic carbocycles. The lowest BCUT2D eigenvalue weighted by atomic mass is 10.1. The zero-order valence-corrected chi connectivity index (χ0v) is 24.7. The van der Waals surface area contributed by atoms with Crippen LogP contribution in [0.2, 0.25) is 0 Å². The Morgan fingerprint density at radius 1 is 0.951 bits per heavy atom. The van der Waals surface area contributed by atoms with Crippen molar-refractivity contribution in [1.82, 2.24) is 10.2 Å². The van der Waals surface area contributed by atoms with Gasteiger partial charge in [-0.05, 0) is 80.6 Å². The number of carbonyl (C=O) groups is 2. The molecule has 1 aliphatic carbocycles. The smallest absolute Gasteiger partial charge is 0.264 e. The molecule has 0 spiro atoms. The van der Waals surface area contributed by atoms with Gasteiger partial charge in [-0.3, -0.25) is 13.9 Å². The van der Waals surface area contributed by atoms with Crippen molar-refractivity contribution >= 4 is 27.5 Å². The summed E-state index contributed by atoms with van der Waals surface area (Å²) in [6.45, 7) is 5.07. The number of aryl methyl sites for hydroxylation is 2. The van der Waals surface area contributed by atoms with Crippen molar-refractivity contribution in [3.05, 3.63) is 95.3 Å². The summed E-state index contributed by atoms with van der Waals surface area (Å²) >= 11 is 0. The summed E-state index contributed by atoms with van der Waals surface area (Å²) in [5.74, 6) is -1.20. The highest BCUT2D eigenvalue weighted by molar-refractivity contribution is 7.92. The number of amides is 2. The van der Waals surface area contributed by atoms with Crippen molar-refractivity contribution in [2.45, 2.75) is 76.4 Å². The van der Waals surface area contributed by atoms with Gasteiger partial charge in [0.15, 0.2) is 0 Å². The highest BCUT2D eigenvalue weighted by Crippen LogP contribution is 2.26. The van der Waals surface area contributed by atoms with E-state index in [4.69, 9.17) is 0 Å². The Morgan fingerprint density at radius 3 is 2.22 bits per heavy atom. The Hall–Kier alpha value is -3.72. The lowest BCUT2D eigenvalue weighted by Crippen LogP contribution is -2.53. The van der Waals surface area contributed by atoms with Crippen molar-refractivity contribution < 1.29 is 22.4 Å². The second-order valence-electron chi connectivity index (χ2n) is 10.7. The van der Waals surface area contributed by atoms with Crippen molar-refractivity contribution in [2.75, 3.05) is 10.8 Å². The second kappa shape index (κ2) is 13.3. The molecule has 1 atom stereocenters. The minimum atomic E-state index is -4.13. The van der Waals surface area contributed by atoms with Crippen molar-refractivity contribution in [3.63, 3.8) is 0 Å². The van der Waals surface area contributed by atoms with Crippen LogP contribution in [-0.4, -0.2) is 43.8 Å². The van der Waals surface area contributed by atoms with Gasteiger partial charge in [-0.25, -0.2) is 12.8 Å². The average Bonchev–Trinajstić information content (AvgIpc) is 3.45. The lowest BCUT2D eigenvalue weighted by Gasteiger charge is -2.34. The van der Waals surface area contributed by atoms with Crippen molar-refractivity contribution in [3.8, 4) is 0 Å². The largest absolute Gasteiger partial charge is 0.352 e. The van der Waals surface area contributed by atoms with Gasteiger partial charge in [0.25, 0.3) is 10.0 Å². The molecular formula is C32H38FN3O4S. The molecule has 0 heterocycles. The maximum atomic E-state index is 14.1. The number of benzene rings is 3. The van der Waals surface area contributed by atoms with Crippen molar-refractivity contribution in [1.29, 1.82) is 0 Å². The van der Waals surface area contributed by atoms with Gasteiger partial charge < -0.3 is 10.2 Å². The van der Waals surface area contributed by atoms with E-state index in [0.717, 1.165) is 41.1 Å². The number of hydrogen-bond donors (Lipinski definition) is 1. The summed E-state index contributed by atoms with van der Waals surface area (Å²) in [6, 6.07) is 18.4. The standard InChI is InChI=1S/C32H38FN3O4S/c1-4-30(32(38)34-27-9-5-6-10-27)35(21-25-14-16-26(33)17-15-25)31(37)22-36(28-11-7-8-24(3)20-28)41(39,40)29-18-12-23(2)13-19-29/h7-8,11-20,27,30H,4-6,9-10,21-22H2,1-3H3,(H,34,38). The normalized spacial score (nSPS) is 14.4. The number of halogens is 1. The number of hydrogen-bond acceptors (Lipinski definition) is 4. The van der Waals surface area contributed by atoms with E-state index in [1.54, 1.807) is 42.5 Å². The molecule has 0 radical (unpaired) electrons.